The van der Waals surface area contributed by atoms with Crippen LogP contribution in [0.15, 0.2) is 54.7 Å². The molecule has 3 unspecified atom stereocenters. The highest BCUT2D eigenvalue weighted by Crippen LogP contribution is 2.43. The van der Waals surface area contributed by atoms with E-state index in [1.165, 1.54) is 28.2 Å². The summed E-state index contributed by atoms with van der Waals surface area (Å²) in [7, 11) is 0. The van der Waals surface area contributed by atoms with E-state index in [-0.39, 0.29) is 18.2 Å². The van der Waals surface area contributed by atoms with Gasteiger partial charge in [0.1, 0.15) is 0 Å². The van der Waals surface area contributed by atoms with E-state index in [9.17, 15) is 0 Å². The summed E-state index contributed by atoms with van der Waals surface area (Å²) in [4.78, 5) is 7.04. The molecule has 5 rings (SSSR count). The van der Waals surface area contributed by atoms with Gasteiger partial charge in [-0.25, -0.2) is 0 Å². The lowest BCUT2D eigenvalue weighted by Crippen LogP contribution is -2.36. The maximum absolute atomic E-state index is 6.00. The van der Waals surface area contributed by atoms with E-state index in [1.54, 1.807) is 0 Å². The largest absolute Gasteiger partial charge is 0.376 e. The van der Waals surface area contributed by atoms with Gasteiger partial charge in [-0.15, -0.1) is 0 Å². The molecule has 0 bridgehead atoms. The third kappa shape index (κ3) is 3.61. The van der Waals surface area contributed by atoms with Gasteiger partial charge in [0.15, 0.2) is 5.11 Å². The van der Waals surface area contributed by atoms with Crippen LogP contribution in [0, 0.1) is 20.8 Å². The van der Waals surface area contributed by atoms with Gasteiger partial charge in [-0.1, -0.05) is 24.3 Å². The second-order valence-corrected chi connectivity index (χ2v) is 9.18. The van der Waals surface area contributed by atoms with Gasteiger partial charge in [0.25, 0.3) is 0 Å². The fraction of sp³-hybridized carbons (Fsp3) is 0.385. The van der Waals surface area contributed by atoms with Crippen molar-refractivity contribution >= 4 is 17.3 Å². The fourth-order valence-corrected chi connectivity index (χ4v) is 5.64. The highest BCUT2D eigenvalue weighted by molar-refractivity contribution is 7.80. The minimum atomic E-state index is -0.00599. The maximum Gasteiger partial charge on any atom is 0.170 e. The molecule has 6 heteroatoms. The summed E-state index contributed by atoms with van der Waals surface area (Å²) in [6.07, 6.45) is 4.29. The Balaban J connectivity index is 1.63. The summed E-state index contributed by atoms with van der Waals surface area (Å²) in [6.45, 7) is 8.31. The minimum absolute atomic E-state index is 0.00599. The molecule has 0 radical (unpaired) electrons. The number of benzene rings is 1. The van der Waals surface area contributed by atoms with Crippen LogP contribution in [0.1, 0.15) is 53.1 Å². The SMILES string of the molecule is Cc1c(C2C(c3ccccn3)NC(=S)N2CC2CCCO2)c(C)n(-c2ccccc2)c1C. The molecule has 1 aromatic carbocycles. The van der Waals surface area contributed by atoms with Crippen LogP contribution in [0.5, 0.6) is 0 Å². The van der Waals surface area contributed by atoms with E-state index in [0.29, 0.717) is 0 Å². The molecule has 32 heavy (non-hydrogen) atoms. The summed E-state index contributed by atoms with van der Waals surface area (Å²) in [5.41, 5.74) is 7.34. The van der Waals surface area contributed by atoms with Crippen molar-refractivity contribution in [2.24, 2.45) is 0 Å². The number of nitrogens with zero attached hydrogens (tertiary/aromatic N) is 3. The summed E-state index contributed by atoms with van der Waals surface area (Å²) < 4.78 is 8.36. The average Bonchev–Trinajstić information content (AvgIpc) is 3.49. The summed E-state index contributed by atoms with van der Waals surface area (Å²) in [5, 5.41) is 4.38. The van der Waals surface area contributed by atoms with Crippen molar-refractivity contribution in [1.29, 1.82) is 0 Å². The molecule has 0 aliphatic carbocycles. The molecule has 0 saturated carbocycles. The van der Waals surface area contributed by atoms with Crippen molar-refractivity contribution in [2.75, 3.05) is 13.2 Å². The van der Waals surface area contributed by atoms with Gasteiger partial charge in [-0.05, 0) is 75.7 Å². The van der Waals surface area contributed by atoms with Gasteiger partial charge in [0.05, 0.1) is 23.9 Å². The maximum atomic E-state index is 6.00. The standard InChI is InChI=1S/C26H30N4OS/c1-17-18(2)30(20-10-5-4-6-11-20)19(3)23(17)25-24(22-13-7-8-14-27-22)28-26(32)29(25)16-21-12-9-15-31-21/h4-8,10-11,13-14,21,24-25H,9,12,15-16H2,1-3H3,(H,28,32). The Morgan fingerprint density at radius 1 is 1.06 bits per heavy atom. The lowest BCUT2D eigenvalue weighted by Gasteiger charge is -2.30. The van der Waals surface area contributed by atoms with E-state index in [1.807, 2.05) is 18.3 Å². The number of hydrogen-bond acceptors (Lipinski definition) is 3. The summed E-state index contributed by atoms with van der Waals surface area (Å²) in [5.74, 6) is 0. The monoisotopic (exact) mass is 446 g/mol. The predicted octanol–water partition coefficient (Wildman–Crippen LogP) is 4.95. The first kappa shape index (κ1) is 21.2. The molecule has 0 amide bonds. The first-order valence-electron chi connectivity index (χ1n) is 11.4. The topological polar surface area (TPSA) is 42.3 Å². The molecule has 2 aliphatic rings. The van der Waals surface area contributed by atoms with E-state index in [2.05, 4.69) is 72.0 Å². The molecule has 166 valence electrons. The van der Waals surface area contributed by atoms with Crippen LogP contribution in [0.4, 0.5) is 0 Å². The smallest absolute Gasteiger partial charge is 0.170 e. The minimum Gasteiger partial charge on any atom is -0.376 e. The molecule has 4 heterocycles. The predicted molar refractivity (Wildman–Crippen MR) is 131 cm³/mol. The second kappa shape index (κ2) is 8.68. The number of hydrogen-bond donors (Lipinski definition) is 1. The Bertz CT molecular complexity index is 1110. The van der Waals surface area contributed by atoms with Crippen molar-refractivity contribution in [3.8, 4) is 5.69 Å². The lowest BCUT2D eigenvalue weighted by molar-refractivity contribution is 0.0841. The van der Waals surface area contributed by atoms with Crippen LogP contribution in [-0.4, -0.2) is 38.8 Å². The third-order valence-electron chi connectivity index (χ3n) is 6.94. The zero-order chi connectivity index (χ0) is 22.2. The Morgan fingerprint density at radius 3 is 2.53 bits per heavy atom. The molecule has 3 atom stereocenters. The molecule has 2 fully saturated rings. The average molecular weight is 447 g/mol. The number of para-hydroxylation sites is 1. The normalized spacial score (nSPS) is 23.0. The number of nitrogens with one attached hydrogen (secondary N) is 1. The highest BCUT2D eigenvalue weighted by atomic mass is 32.1. The molecular formula is C26H30N4OS. The summed E-state index contributed by atoms with van der Waals surface area (Å²) in [6, 6.07) is 16.7. The first-order valence-corrected chi connectivity index (χ1v) is 11.8. The zero-order valence-corrected chi connectivity index (χ0v) is 19.7. The lowest BCUT2D eigenvalue weighted by atomic mass is 9.93. The molecule has 2 aromatic heterocycles. The fourth-order valence-electron chi connectivity index (χ4n) is 5.33. The van der Waals surface area contributed by atoms with Gasteiger partial charge >= 0.3 is 0 Å². The van der Waals surface area contributed by atoms with Gasteiger partial charge in [0, 0.05) is 42.0 Å². The number of ether oxygens (including phenoxy) is 1. The van der Waals surface area contributed by atoms with Gasteiger partial charge in [-0.2, -0.15) is 0 Å². The molecule has 5 nitrogen and oxygen atoms in total. The van der Waals surface area contributed by atoms with Gasteiger partial charge in [-0.3, -0.25) is 4.98 Å². The molecule has 2 saturated heterocycles. The Morgan fingerprint density at radius 2 is 1.84 bits per heavy atom. The van der Waals surface area contributed by atoms with E-state index in [4.69, 9.17) is 21.9 Å². The van der Waals surface area contributed by atoms with Crippen molar-refractivity contribution < 1.29 is 4.74 Å². The number of pyridine rings is 1. The van der Waals surface area contributed by atoms with Crippen molar-refractivity contribution in [3.05, 3.63) is 82.9 Å². The first-order chi connectivity index (χ1) is 15.6. The Labute approximate surface area is 195 Å². The van der Waals surface area contributed by atoms with Crippen molar-refractivity contribution in [3.63, 3.8) is 0 Å². The van der Waals surface area contributed by atoms with Crippen LogP contribution in [0.2, 0.25) is 0 Å². The Hall–Kier alpha value is -2.70. The zero-order valence-electron chi connectivity index (χ0n) is 18.9. The van der Waals surface area contributed by atoms with Crippen LogP contribution in [0.3, 0.4) is 0 Å². The van der Waals surface area contributed by atoms with Crippen LogP contribution in [-0.2, 0) is 4.74 Å². The molecule has 3 aromatic rings. The van der Waals surface area contributed by atoms with E-state index >= 15 is 0 Å². The van der Waals surface area contributed by atoms with Crippen LogP contribution < -0.4 is 5.32 Å². The van der Waals surface area contributed by atoms with E-state index in [0.717, 1.165) is 36.8 Å². The molecular weight excluding hydrogens is 416 g/mol. The molecule has 1 N–H and O–H groups in total. The van der Waals surface area contributed by atoms with Crippen molar-refractivity contribution in [1.82, 2.24) is 19.8 Å². The summed E-state index contributed by atoms with van der Waals surface area (Å²) >= 11 is 5.87. The number of thiocarbonyl (C=S) groups is 1. The van der Waals surface area contributed by atoms with Crippen LogP contribution >= 0.6 is 12.2 Å². The number of aromatic nitrogens is 2. The molecule has 2 aliphatic heterocycles. The highest BCUT2D eigenvalue weighted by Gasteiger charge is 2.43. The Kier molecular flexibility index (Phi) is 5.74. The quantitative estimate of drug-likeness (QED) is 0.562. The van der Waals surface area contributed by atoms with Crippen molar-refractivity contribution in [2.45, 2.75) is 51.8 Å². The second-order valence-electron chi connectivity index (χ2n) is 8.79. The van der Waals surface area contributed by atoms with Gasteiger partial charge in [0.2, 0.25) is 0 Å². The third-order valence-corrected chi connectivity index (χ3v) is 7.29. The molecule has 0 spiro atoms. The van der Waals surface area contributed by atoms with Crippen LogP contribution in [0.25, 0.3) is 5.69 Å². The van der Waals surface area contributed by atoms with Gasteiger partial charge < -0.3 is 19.5 Å². The number of rotatable bonds is 5. The van der Waals surface area contributed by atoms with E-state index < -0.39 is 0 Å².